The standard InChI is InChI=1S/C37H43N3O4S/c1-6-23-38-37(42)35(24-31-15-8-7-9-16-31)39(25-32-17-11-10-13-29(32)4)36(41)26-40(34-18-12-14-28(3)30(34)5)45(43,44)33-21-19-27(2)20-22-33/h7-22,35H,6,23-26H2,1-5H3,(H,38,42)/t35-/m1/s1. The highest BCUT2D eigenvalue weighted by atomic mass is 32.2. The summed E-state index contributed by atoms with van der Waals surface area (Å²) in [5, 5.41) is 2.99. The number of benzene rings is 4. The van der Waals surface area contributed by atoms with Crippen molar-refractivity contribution in [2.75, 3.05) is 17.4 Å². The first-order chi connectivity index (χ1) is 21.5. The van der Waals surface area contributed by atoms with E-state index < -0.39 is 28.5 Å². The van der Waals surface area contributed by atoms with E-state index in [9.17, 15) is 18.0 Å². The smallest absolute Gasteiger partial charge is 0.264 e. The van der Waals surface area contributed by atoms with Crippen molar-refractivity contribution >= 4 is 27.5 Å². The van der Waals surface area contributed by atoms with Crippen molar-refractivity contribution in [3.8, 4) is 0 Å². The predicted molar refractivity (Wildman–Crippen MR) is 181 cm³/mol. The Hall–Kier alpha value is -4.43. The Bertz CT molecular complexity index is 1720. The molecule has 2 amide bonds. The Labute approximate surface area is 268 Å². The third-order valence-electron chi connectivity index (χ3n) is 8.15. The molecule has 4 aromatic carbocycles. The number of anilines is 1. The lowest BCUT2D eigenvalue weighted by molar-refractivity contribution is -0.140. The number of hydrogen-bond acceptors (Lipinski definition) is 4. The molecule has 0 aliphatic carbocycles. The fourth-order valence-corrected chi connectivity index (χ4v) is 6.72. The van der Waals surface area contributed by atoms with Crippen molar-refractivity contribution in [1.29, 1.82) is 0 Å². The molecule has 45 heavy (non-hydrogen) atoms. The van der Waals surface area contributed by atoms with E-state index in [1.54, 1.807) is 41.3 Å². The first kappa shape index (κ1) is 33.5. The van der Waals surface area contributed by atoms with Gasteiger partial charge in [-0.25, -0.2) is 8.42 Å². The minimum absolute atomic E-state index is 0.0915. The number of carbonyl (C=O) groups excluding carboxylic acids is 2. The van der Waals surface area contributed by atoms with E-state index in [1.807, 2.05) is 95.3 Å². The van der Waals surface area contributed by atoms with Crippen molar-refractivity contribution in [3.05, 3.63) is 130 Å². The van der Waals surface area contributed by atoms with Gasteiger partial charge >= 0.3 is 0 Å². The number of amides is 2. The van der Waals surface area contributed by atoms with Crippen LogP contribution in [0.4, 0.5) is 5.69 Å². The van der Waals surface area contributed by atoms with Gasteiger partial charge in [-0.15, -0.1) is 0 Å². The molecule has 4 aromatic rings. The van der Waals surface area contributed by atoms with Crippen LogP contribution in [0, 0.1) is 27.7 Å². The quantitative estimate of drug-likeness (QED) is 0.190. The molecule has 0 fully saturated rings. The lowest BCUT2D eigenvalue weighted by Crippen LogP contribution is -2.53. The molecule has 0 heterocycles. The molecule has 0 spiro atoms. The minimum Gasteiger partial charge on any atom is -0.354 e. The molecular weight excluding hydrogens is 582 g/mol. The normalized spacial score (nSPS) is 11.9. The summed E-state index contributed by atoms with van der Waals surface area (Å²) in [5.74, 6) is -0.746. The van der Waals surface area contributed by atoms with Crippen molar-refractivity contribution in [2.24, 2.45) is 0 Å². The monoisotopic (exact) mass is 625 g/mol. The van der Waals surface area contributed by atoms with Gasteiger partial charge in [-0.2, -0.15) is 0 Å². The van der Waals surface area contributed by atoms with E-state index >= 15 is 0 Å². The predicted octanol–water partition coefficient (Wildman–Crippen LogP) is 6.28. The molecule has 0 saturated heterocycles. The molecule has 236 valence electrons. The van der Waals surface area contributed by atoms with Gasteiger partial charge in [0.15, 0.2) is 0 Å². The zero-order chi connectivity index (χ0) is 32.6. The van der Waals surface area contributed by atoms with E-state index in [2.05, 4.69) is 5.32 Å². The summed E-state index contributed by atoms with van der Waals surface area (Å²) in [4.78, 5) is 30.1. The van der Waals surface area contributed by atoms with E-state index in [0.29, 0.717) is 12.2 Å². The Kier molecular flexibility index (Phi) is 11.2. The number of carbonyl (C=O) groups is 2. The number of aryl methyl sites for hydroxylation is 3. The second kappa shape index (κ2) is 15.0. The fourth-order valence-electron chi connectivity index (χ4n) is 5.25. The molecule has 1 N–H and O–H groups in total. The lowest BCUT2D eigenvalue weighted by Gasteiger charge is -2.34. The molecule has 0 aliphatic rings. The maximum Gasteiger partial charge on any atom is 0.264 e. The van der Waals surface area contributed by atoms with Gasteiger partial charge in [-0.3, -0.25) is 13.9 Å². The second-order valence-corrected chi connectivity index (χ2v) is 13.4. The molecule has 0 unspecified atom stereocenters. The van der Waals surface area contributed by atoms with Crippen molar-refractivity contribution in [1.82, 2.24) is 10.2 Å². The van der Waals surface area contributed by atoms with Gasteiger partial charge in [-0.05, 0) is 80.1 Å². The van der Waals surface area contributed by atoms with Gasteiger partial charge in [0, 0.05) is 19.5 Å². The van der Waals surface area contributed by atoms with Gasteiger partial charge < -0.3 is 10.2 Å². The van der Waals surface area contributed by atoms with Crippen molar-refractivity contribution in [3.63, 3.8) is 0 Å². The van der Waals surface area contributed by atoms with Crippen LogP contribution >= 0.6 is 0 Å². The number of rotatable bonds is 13. The third-order valence-corrected chi connectivity index (χ3v) is 9.93. The van der Waals surface area contributed by atoms with Crippen LogP contribution in [0.2, 0.25) is 0 Å². The first-order valence-corrected chi connectivity index (χ1v) is 16.8. The molecule has 0 aliphatic heterocycles. The van der Waals surface area contributed by atoms with Crippen LogP contribution in [0.15, 0.2) is 102 Å². The molecule has 1 atom stereocenters. The minimum atomic E-state index is -4.15. The third kappa shape index (κ3) is 8.19. The summed E-state index contributed by atoms with van der Waals surface area (Å²) in [7, 11) is -4.15. The van der Waals surface area contributed by atoms with E-state index in [-0.39, 0.29) is 23.8 Å². The Morgan fingerprint density at radius 3 is 2.09 bits per heavy atom. The largest absolute Gasteiger partial charge is 0.354 e. The second-order valence-electron chi connectivity index (χ2n) is 11.5. The summed E-state index contributed by atoms with van der Waals surface area (Å²) >= 11 is 0. The number of nitrogens with one attached hydrogen (secondary N) is 1. The summed E-state index contributed by atoms with van der Waals surface area (Å²) in [6.45, 7) is 9.73. The van der Waals surface area contributed by atoms with Crippen LogP contribution in [0.3, 0.4) is 0 Å². The maximum absolute atomic E-state index is 14.6. The summed E-state index contributed by atoms with van der Waals surface area (Å²) in [5.41, 5.74) is 5.77. The van der Waals surface area contributed by atoms with Crippen molar-refractivity contribution in [2.45, 2.75) is 64.9 Å². The first-order valence-electron chi connectivity index (χ1n) is 15.3. The molecular formula is C37H43N3O4S. The van der Waals surface area contributed by atoms with Gasteiger partial charge in [-0.1, -0.05) is 91.3 Å². The van der Waals surface area contributed by atoms with Gasteiger partial charge in [0.2, 0.25) is 11.8 Å². The molecule has 0 bridgehead atoms. The zero-order valence-corrected chi connectivity index (χ0v) is 27.6. The van der Waals surface area contributed by atoms with E-state index in [0.717, 1.165) is 39.8 Å². The average Bonchev–Trinajstić information content (AvgIpc) is 3.03. The number of sulfonamides is 1. The average molecular weight is 626 g/mol. The van der Waals surface area contributed by atoms with Crippen LogP contribution < -0.4 is 9.62 Å². The molecule has 0 saturated carbocycles. The highest BCUT2D eigenvalue weighted by Crippen LogP contribution is 2.29. The molecule has 4 rings (SSSR count). The summed E-state index contributed by atoms with van der Waals surface area (Å²) in [6, 6.07) is 28.5. The lowest BCUT2D eigenvalue weighted by atomic mass is 10.0. The van der Waals surface area contributed by atoms with E-state index in [1.165, 1.54) is 4.31 Å². The molecule has 7 nitrogen and oxygen atoms in total. The molecule has 0 radical (unpaired) electrons. The highest BCUT2D eigenvalue weighted by molar-refractivity contribution is 7.92. The van der Waals surface area contributed by atoms with E-state index in [4.69, 9.17) is 0 Å². The highest BCUT2D eigenvalue weighted by Gasteiger charge is 2.35. The Morgan fingerprint density at radius 2 is 1.42 bits per heavy atom. The fraction of sp³-hybridized carbons (Fsp3) is 0.297. The SMILES string of the molecule is CCCNC(=O)[C@@H](Cc1ccccc1)N(Cc1ccccc1C)C(=O)CN(c1cccc(C)c1C)S(=O)(=O)c1ccc(C)cc1. The molecule has 8 heteroatoms. The van der Waals surface area contributed by atoms with Crippen LogP contribution in [-0.2, 0) is 32.6 Å². The summed E-state index contributed by atoms with van der Waals surface area (Å²) in [6.07, 6.45) is 1.02. The molecule has 0 aromatic heterocycles. The van der Waals surface area contributed by atoms with Gasteiger partial charge in [0.05, 0.1) is 10.6 Å². The summed E-state index contributed by atoms with van der Waals surface area (Å²) < 4.78 is 29.8. The van der Waals surface area contributed by atoms with Crippen molar-refractivity contribution < 1.29 is 18.0 Å². The van der Waals surface area contributed by atoms with Gasteiger partial charge in [0.1, 0.15) is 12.6 Å². The maximum atomic E-state index is 14.6. The number of nitrogens with zero attached hydrogens (tertiary/aromatic N) is 2. The zero-order valence-electron chi connectivity index (χ0n) is 26.8. The van der Waals surface area contributed by atoms with Crippen LogP contribution in [0.25, 0.3) is 0 Å². The van der Waals surface area contributed by atoms with Crippen LogP contribution in [0.1, 0.15) is 46.7 Å². The topological polar surface area (TPSA) is 86.8 Å². The number of hydrogen-bond donors (Lipinski definition) is 1. The Morgan fingerprint density at radius 1 is 0.778 bits per heavy atom. The van der Waals surface area contributed by atoms with Crippen LogP contribution in [-0.4, -0.2) is 44.3 Å². The Balaban J connectivity index is 1.83. The van der Waals surface area contributed by atoms with Gasteiger partial charge in [0.25, 0.3) is 10.0 Å². The van der Waals surface area contributed by atoms with Crippen LogP contribution in [0.5, 0.6) is 0 Å².